The molecular weight excluding hydrogens is 284 g/mol. The van der Waals surface area contributed by atoms with Gasteiger partial charge in [-0.15, -0.1) is 0 Å². The number of hydrogen-bond donors (Lipinski definition) is 1. The van der Waals surface area contributed by atoms with Crippen molar-refractivity contribution >= 4 is 17.3 Å². The van der Waals surface area contributed by atoms with E-state index in [1.54, 1.807) is 7.11 Å². The van der Waals surface area contributed by atoms with Gasteiger partial charge in [-0.3, -0.25) is 0 Å². The second-order valence-electron chi connectivity index (χ2n) is 5.46. The summed E-state index contributed by atoms with van der Waals surface area (Å²) < 4.78 is 5.07. The minimum Gasteiger partial charge on any atom is -0.383 e. The predicted octanol–water partition coefficient (Wildman–Crippen LogP) is 3.95. The fourth-order valence-electron chi connectivity index (χ4n) is 2.31. The molecule has 0 amide bonds. The molecule has 1 N–H and O–H groups in total. The van der Waals surface area contributed by atoms with Crippen LogP contribution in [-0.2, 0) is 11.3 Å². The van der Waals surface area contributed by atoms with E-state index in [-0.39, 0.29) is 0 Å². The van der Waals surface area contributed by atoms with Gasteiger partial charge >= 0.3 is 0 Å². The maximum absolute atomic E-state index is 6.42. The molecule has 0 aliphatic rings. The van der Waals surface area contributed by atoms with Crippen LogP contribution >= 0.6 is 11.6 Å². The van der Waals surface area contributed by atoms with E-state index in [0.717, 1.165) is 31.2 Å². The molecule has 1 aromatic rings. The molecule has 3 nitrogen and oxygen atoms in total. The zero-order chi connectivity index (χ0) is 15.7. The fraction of sp³-hybridized carbons (Fsp3) is 0.647. The van der Waals surface area contributed by atoms with Gasteiger partial charge in [0, 0.05) is 49.6 Å². The third-order valence-corrected chi connectivity index (χ3v) is 4.18. The Labute approximate surface area is 134 Å². The van der Waals surface area contributed by atoms with Crippen LogP contribution in [0.25, 0.3) is 0 Å². The van der Waals surface area contributed by atoms with Crippen LogP contribution in [-0.4, -0.2) is 33.4 Å². The lowest BCUT2D eigenvalue weighted by Crippen LogP contribution is -2.30. The van der Waals surface area contributed by atoms with Gasteiger partial charge in [-0.05, 0) is 25.0 Å². The van der Waals surface area contributed by atoms with E-state index >= 15 is 0 Å². The molecule has 0 heterocycles. The van der Waals surface area contributed by atoms with Crippen LogP contribution in [0.3, 0.4) is 0 Å². The van der Waals surface area contributed by atoms with Crippen LogP contribution < -0.4 is 10.2 Å². The summed E-state index contributed by atoms with van der Waals surface area (Å²) in [6.45, 7) is 11.1. The minimum absolute atomic E-state index is 0.679. The van der Waals surface area contributed by atoms with Gasteiger partial charge in [-0.1, -0.05) is 37.9 Å². The van der Waals surface area contributed by atoms with E-state index < -0.39 is 0 Å². The summed E-state index contributed by atoms with van der Waals surface area (Å²) in [5.74, 6) is 0.679. The summed E-state index contributed by atoms with van der Waals surface area (Å²) in [7, 11) is 1.72. The summed E-state index contributed by atoms with van der Waals surface area (Å²) in [5.41, 5.74) is 2.43. The first-order chi connectivity index (χ1) is 10.1. The molecule has 0 saturated heterocycles. The Morgan fingerprint density at radius 1 is 1.33 bits per heavy atom. The lowest BCUT2D eigenvalue weighted by molar-refractivity contribution is 0.199. The van der Waals surface area contributed by atoms with Gasteiger partial charge in [0.2, 0.25) is 0 Å². The van der Waals surface area contributed by atoms with Crippen LogP contribution in [0.2, 0.25) is 5.02 Å². The summed E-state index contributed by atoms with van der Waals surface area (Å²) in [4.78, 5) is 2.42. The monoisotopic (exact) mass is 312 g/mol. The quantitative estimate of drug-likeness (QED) is 0.662. The van der Waals surface area contributed by atoms with Crippen molar-refractivity contribution in [3.05, 3.63) is 28.8 Å². The minimum atomic E-state index is 0.679. The molecule has 0 spiro atoms. The Hall–Kier alpha value is -0.770. The number of methoxy groups -OCH3 is 1. The van der Waals surface area contributed by atoms with Crippen molar-refractivity contribution in [2.24, 2.45) is 5.92 Å². The lowest BCUT2D eigenvalue weighted by Gasteiger charge is -2.29. The smallest absolute Gasteiger partial charge is 0.0587 e. The van der Waals surface area contributed by atoms with Gasteiger partial charge in [0.25, 0.3) is 0 Å². The first-order valence-corrected chi connectivity index (χ1v) is 8.23. The Morgan fingerprint density at radius 2 is 2.10 bits per heavy atom. The summed E-state index contributed by atoms with van der Waals surface area (Å²) in [6.07, 6.45) is 1.19. The van der Waals surface area contributed by atoms with Crippen LogP contribution in [0, 0.1) is 5.92 Å². The van der Waals surface area contributed by atoms with Crippen LogP contribution in [0.15, 0.2) is 18.2 Å². The number of halogens is 1. The molecule has 0 aliphatic carbocycles. The molecule has 120 valence electrons. The molecule has 0 bridgehead atoms. The molecule has 1 atom stereocenters. The highest BCUT2D eigenvalue weighted by Crippen LogP contribution is 2.28. The topological polar surface area (TPSA) is 24.5 Å². The number of rotatable bonds is 10. The predicted molar refractivity (Wildman–Crippen MR) is 92.4 cm³/mol. The Kier molecular flexibility index (Phi) is 8.74. The van der Waals surface area contributed by atoms with Gasteiger partial charge in [0.05, 0.1) is 6.61 Å². The van der Waals surface area contributed by atoms with Crippen LogP contribution in [0.5, 0.6) is 0 Å². The zero-order valence-corrected chi connectivity index (χ0v) is 14.5. The van der Waals surface area contributed by atoms with Crippen molar-refractivity contribution in [2.75, 3.05) is 38.3 Å². The molecule has 1 aromatic carbocycles. The average molecular weight is 313 g/mol. The number of nitrogens with zero attached hydrogens (tertiary/aromatic N) is 1. The van der Waals surface area contributed by atoms with Gasteiger partial charge in [-0.2, -0.15) is 0 Å². The van der Waals surface area contributed by atoms with E-state index in [4.69, 9.17) is 16.3 Å². The number of benzene rings is 1. The molecule has 0 aliphatic heterocycles. The Morgan fingerprint density at radius 3 is 2.71 bits per heavy atom. The van der Waals surface area contributed by atoms with Crippen molar-refractivity contribution in [3.8, 4) is 0 Å². The first-order valence-electron chi connectivity index (χ1n) is 7.85. The molecule has 0 radical (unpaired) electrons. The van der Waals surface area contributed by atoms with Gasteiger partial charge < -0.3 is 15.0 Å². The molecule has 1 rings (SSSR count). The summed E-state index contributed by atoms with van der Waals surface area (Å²) in [5, 5.41) is 4.23. The standard InChI is InChI=1S/C17H29ClN2O/c1-5-14(3)13-20(6-2)17-9-7-8-16(18)15(17)12-19-10-11-21-4/h7-9,14,19H,5-6,10-13H2,1-4H3. The van der Waals surface area contributed by atoms with Crippen LogP contribution in [0.4, 0.5) is 5.69 Å². The second kappa shape index (κ2) is 10.0. The zero-order valence-electron chi connectivity index (χ0n) is 13.8. The number of hydrogen-bond acceptors (Lipinski definition) is 3. The van der Waals surface area contributed by atoms with Crippen molar-refractivity contribution in [1.82, 2.24) is 5.32 Å². The van der Waals surface area contributed by atoms with Crippen molar-refractivity contribution in [3.63, 3.8) is 0 Å². The number of anilines is 1. The van der Waals surface area contributed by atoms with Crippen molar-refractivity contribution < 1.29 is 4.74 Å². The summed E-state index contributed by atoms with van der Waals surface area (Å²) in [6, 6.07) is 6.18. The normalized spacial score (nSPS) is 12.4. The lowest BCUT2D eigenvalue weighted by atomic mass is 10.1. The Bertz CT molecular complexity index is 412. The first kappa shape index (κ1) is 18.3. The van der Waals surface area contributed by atoms with Crippen molar-refractivity contribution in [2.45, 2.75) is 33.7 Å². The largest absolute Gasteiger partial charge is 0.383 e. The van der Waals surface area contributed by atoms with E-state index in [0.29, 0.717) is 12.5 Å². The molecule has 0 saturated carbocycles. The third kappa shape index (κ3) is 5.85. The van der Waals surface area contributed by atoms with E-state index in [2.05, 4.69) is 37.1 Å². The molecule has 4 heteroatoms. The highest BCUT2D eigenvalue weighted by Gasteiger charge is 2.14. The number of nitrogens with one attached hydrogen (secondary N) is 1. The fourth-order valence-corrected chi connectivity index (χ4v) is 2.55. The third-order valence-electron chi connectivity index (χ3n) is 3.83. The molecule has 21 heavy (non-hydrogen) atoms. The maximum atomic E-state index is 6.42. The summed E-state index contributed by atoms with van der Waals surface area (Å²) >= 11 is 6.42. The molecule has 0 fully saturated rings. The SMILES string of the molecule is CCC(C)CN(CC)c1cccc(Cl)c1CNCCOC. The van der Waals surface area contributed by atoms with E-state index in [9.17, 15) is 0 Å². The van der Waals surface area contributed by atoms with E-state index in [1.807, 2.05) is 12.1 Å². The van der Waals surface area contributed by atoms with Gasteiger partial charge in [0.1, 0.15) is 0 Å². The highest BCUT2D eigenvalue weighted by atomic mass is 35.5. The van der Waals surface area contributed by atoms with Crippen molar-refractivity contribution in [1.29, 1.82) is 0 Å². The molecule has 0 aromatic heterocycles. The van der Waals surface area contributed by atoms with Crippen LogP contribution in [0.1, 0.15) is 32.8 Å². The van der Waals surface area contributed by atoms with Gasteiger partial charge in [-0.25, -0.2) is 0 Å². The maximum Gasteiger partial charge on any atom is 0.0587 e. The Balaban J connectivity index is 2.85. The van der Waals surface area contributed by atoms with E-state index in [1.165, 1.54) is 17.7 Å². The highest BCUT2D eigenvalue weighted by molar-refractivity contribution is 6.31. The molecular formula is C17H29ClN2O. The van der Waals surface area contributed by atoms with Gasteiger partial charge in [0.15, 0.2) is 0 Å². The molecule has 1 unspecified atom stereocenters. The average Bonchev–Trinajstić information content (AvgIpc) is 2.50. The number of ether oxygens (including phenoxy) is 1. The second-order valence-corrected chi connectivity index (χ2v) is 5.87.